The molecule has 1 aliphatic carbocycles. The van der Waals surface area contributed by atoms with Crippen LogP contribution in [0.25, 0.3) is 0 Å². The summed E-state index contributed by atoms with van der Waals surface area (Å²) in [6.07, 6.45) is 6.20. The maximum absolute atomic E-state index is 11.7. The number of carbonyl (C=O) groups is 1. The van der Waals surface area contributed by atoms with Gasteiger partial charge in [0.2, 0.25) is 5.91 Å². The molecule has 1 aliphatic heterocycles. The summed E-state index contributed by atoms with van der Waals surface area (Å²) in [7, 11) is 0. The van der Waals surface area contributed by atoms with E-state index in [4.69, 9.17) is 0 Å². The Bertz CT molecular complexity index is 237. The molecule has 0 bridgehead atoms. The van der Waals surface area contributed by atoms with Crippen molar-refractivity contribution in [1.29, 1.82) is 0 Å². The lowest BCUT2D eigenvalue weighted by Crippen LogP contribution is -2.68. The molecule has 1 saturated carbocycles. The van der Waals surface area contributed by atoms with Crippen molar-refractivity contribution in [3.8, 4) is 0 Å². The van der Waals surface area contributed by atoms with Gasteiger partial charge in [-0.1, -0.05) is 19.3 Å². The van der Waals surface area contributed by atoms with Crippen molar-refractivity contribution in [2.24, 2.45) is 0 Å². The second-order valence-corrected chi connectivity index (χ2v) is 5.09. The molecule has 1 amide bonds. The minimum absolute atomic E-state index is 0.153. The van der Waals surface area contributed by atoms with Gasteiger partial charge >= 0.3 is 0 Å². The van der Waals surface area contributed by atoms with Crippen molar-refractivity contribution in [2.75, 3.05) is 0 Å². The molecule has 0 unspecified atom stereocenters. The summed E-state index contributed by atoms with van der Waals surface area (Å²) >= 11 is 0. The molecule has 14 heavy (non-hydrogen) atoms. The Morgan fingerprint density at radius 3 is 2.50 bits per heavy atom. The van der Waals surface area contributed by atoms with Gasteiger partial charge < -0.3 is 5.32 Å². The van der Waals surface area contributed by atoms with E-state index in [0.29, 0.717) is 12.1 Å². The van der Waals surface area contributed by atoms with Gasteiger partial charge in [0.15, 0.2) is 0 Å². The zero-order chi connectivity index (χ0) is 10.2. The van der Waals surface area contributed by atoms with E-state index in [1.165, 1.54) is 25.7 Å². The first kappa shape index (κ1) is 9.97. The van der Waals surface area contributed by atoms with Crippen molar-refractivity contribution in [3.63, 3.8) is 0 Å². The standard InChI is InChI=1S/C11H20N2O/c1-11(2)10(14)12-8-6-4-3-5-7-9(8)13-11/h8-9,13H,3-7H2,1-2H3,(H,12,14)/t8-,9-/m0/s1. The summed E-state index contributed by atoms with van der Waals surface area (Å²) in [5.41, 5.74) is -0.383. The van der Waals surface area contributed by atoms with Crippen LogP contribution in [0.5, 0.6) is 0 Å². The predicted molar refractivity (Wildman–Crippen MR) is 56.0 cm³/mol. The fourth-order valence-corrected chi connectivity index (χ4v) is 2.53. The summed E-state index contributed by atoms with van der Waals surface area (Å²) in [5, 5.41) is 6.62. The number of amides is 1. The third-order valence-electron chi connectivity index (χ3n) is 3.45. The number of nitrogens with one attached hydrogen (secondary N) is 2. The average Bonchev–Trinajstić information content (AvgIpc) is 2.30. The van der Waals surface area contributed by atoms with E-state index < -0.39 is 0 Å². The van der Waals surface area contributed by atoms with Crippen LogP contribution in [0.15, 0.2) is 0 Å². The van der Waals surface area contributed by atoms with Gasteiger partial charge in [-0.25, -0.2) is 0 Å². The second kappa shape index (κ2) is 3.54. The van der Waals surface area contributed by atoms with Crippen LogP contribution >= 0.6 is 0 Å². The largest absolute Gasteiger partial charge is 0.350 e. The lowest BCUT2D eigenvalue weighted by Gasteiger charge is -2.41. The lowest BCUT2D eigenvalue weighted by atomic mass is 9.91. The van der Waals surface area contributed by atoms with Crippen LogP contribution in [0.1, 0.15) is 46.0 Å². The number of hydrogen-bond acceptors (Lipinski definition) is 2. The second-order valence-electron chi connectivity index (χ2n) is 5.09. The molecule has 2 fully saturated rings. The van der Waals surface area contributed by atoms with Crippen molar-refractivity contribution < 1.29 is 4.79 Å². The van der Waals surface area contributed by atoms with E-state index in [0.717, 1.165) is 6.42 Å². The summed E-state index contributed by atoms with van der Waals surface area (Å²) in [6.45, 7) is 3.92. The maximum Gasteiger partial charge on any atom is 0.240 e. The van der Waals surface area contributed by atoms with E-state index in [2.05, 4.69) is 10.6 Å². The number of carbonyl (C=O) groups excluding carboxylic acids is 1. The van der Waals surface area contributed by atoms with E-state index >= 15 is 0 Å². The SMILES string of the molecule is CC1(C)N[C@H]2CCCCC[C@@H]2NC1=O. The Morgan fingerprint density at radius 1 is 1.14 bits per heavy atom. The molecule has 2 aliphatic rings. The molecular formula is C11H20N2O. The lowest BCUT2D eigenvalue weighted by molar-refractivity contribution is -0.130. The van der Waals surface area contributed by atoms with Crippen LogP contribution in [-0.4, -0.2) is 23.5 Å². The summed E-state index contributed by atoms with van der Waals surface area (Å²) < 4.78 is 0. The average molecular weight is 196 g/mol. The predicted octanol–water partition coefficient (Wildman–Crippen LogP) is 1.19. The quantitative estimate of drug-likeness (QED) is 0.611. The van der Waals surface area contributed by atoms with E-state index in [1.807, 2.05) is 13.8 Å². The molecule has 2 rings (SSSR count). The molecular weight excluding hydrogens is 176 g/mol. The summed E-state index contributed by atoms with van der Waals surface area (Å²) in [5.74, 6) is 0.153. The molecule has 1 saturated heterocycles. The molecule has 80 valence electrons. The fourth-order valence-electron chi connectivity index (χ4n) is 2.53. The van der Waals surface area contributed by atoms with E-state index in [9.17, 15) is 4.79 Å². The van der Waals surface area contributed by atoms with Crippen molar-refractivity contribution in [3.05, 3.63) is 0 Å². The van der Waals surface area contributed by atoms with Crippen LogP contribution < -0.4 is 10.6 Å². The van der Waals surface area contributed by atoms with Gasteiger partial charge in [0.05, 0.1) is 5.54 Å². The molecule has 3 heteroatoms. The fraction of sp³-hybridized carbons (Fsp3) is 0.909. The van der Waals surface area contributed by atoms with E-state index in [-0.39, 0.29) is 11.4 Å². The number of fused-ring (bicyclic) bond motifs is 1. The van der Waals surface area contributed by atoms with Crippen LogP contribution in [0.4, 0.5) is 0 Å². The third kappa shape index (κ3) is 1.78. The Hall–Kier alpha value is -0.570. The third-order valence-corrected chi connectivity index (χ3v) is 3.45. The number of piperazine rings is 1. The number of hydrogen-bond donors (Lipinski definition) is 2. The molecule has 0 aromatic heterocycles. The zero-order valence-electron chi connectivity index (χ0n) is 9.10. The first-order valence-electron chi connectivity index (χ1n) is 5.68. The Balaban J connectivity index is 2.10. The van der Waals surface area contributed by atoms with Gasteiger partial charge in [-0.3, -0.25) is 10.1 Å². The maximum atomic E-state index is 11.7. The minimum Gasteiger partial charge on any atom is -0.350 e. The van der Waals surface area contributed by atoms with Gasteiger partial charge in [0, 0.05) is 12.1 Å². The normalized spacial score (nSPS) is 36.9. The topological polar surface area (TPSA) is 41.1 Å². The van der Waals surface area contributed by atoms with Crippen LogP contribution in [0, 0.1) is 0 Å². The number of rotatable bonds is 0. The molecule has 2 atom stereocenters. The molecule has 0 aromatic rings. The first-order chi connectivity index (χ1) is 6.59. The highest BCUT2D eigenvalue weighted by molar-refractivity contribution is 5.86. The smallest absolute Gasteiger partial charge is 0.240 e. The van der Waals surface area contributed by atoms with Crippen LogP contribution in [-0.2, 0) is 4.79 Å². The summed E-state index contributed by atoms with van der Waals surface area (Å²) in [4.78, 5) is 11.7. The Morgan fingerprint density at radius 2 is 1.79 bits per heavy atom. The van der Waals surface area contributed by atoms with Crippen LogP contribution in [0.2, 0.25) is 0 Å². The van der Waals surface area contributed by atoms with Crippen LogP contribution in [0.3, 0.4) is 0 Å². The highest BCUT2D eigenvalue weighted by atomic mass is 16.2. The van der Waals surface area contributed by atoms with Gasteiger partial charge in [-0.15, -0.1) is 0 Å². The van der Waals surface area contributed by atoms with Crippen molar-refractivity contribution in [2.45, 2.75) is 63.6 Å². The van der Waals surface area contributed by atoms with Gasteiger partial charge in [0.1, 0.15) is 0 Å². The van der Waals surface area contributed by atoms with Crippen molar-refractivity contribution in [1.82, 2.24) is 10.6 Å². The van der Waals surface area contributed by atoms with Gasteiger partial charge in [0.25, 0.3) is 0 Å². The highest BCUT2D eigenvalue weighted by Gasteiger charge is 2.40. The molecule has 3 nitrogen and oxygen atoms in total. The molecule has 0 aromatic carbocycles. The molecule has 0 radical (unpaired) electrons. The zero-order valence-corrected chi connectivity index (χ0v) is 9.10. The molecule has 1 heterocycles. The Kier molecular flexibility index (Phi) is 2.52. The molecule has 0 spiro atoms. The highest BCUT2D eigenvalue weighted by Crippen LogP contribution is 2.23. The van der Waals surface area contributed by atoms with Crippen molar-refractivity contribution >= 4 is 5.91 Å². The monoisotopic (exact) mass is 196 g/mol. The van der Waals surface area contributed by atoms with E-state index in [1.54, 1.807) is 0 Å². The first-order valence-corrected chi connectivity index (χ1v) is 5.68. The van der Waals surface area contributed by atoms with Gasteiger partial charge in [-0.2, -0.15) is 0 Å². The Labute approximate surface area is 85.6 Å². The minimum atomic E-state index is -0.383. The molecule has 2 N–H and O–H groups in total. The van der Waals surface area contributed by atoms with Gasteiger partial charge in [-0.05, 0) is 26.7 Å². The summed E-state index contributed by atoms with van der Waals surface area (Å²) in [6, 6.07) is 0.864.